The maximum Gasteiger partial charge on any atom is 0.313 e. The molecule has 0 saturated carbocycles. The lowest BCUT2D eigenvalue weighted by atomic mass is 10.2. The van der Waals surface area contributed by atoms with Crippen LogP contribution in [0.3, 0.4) is 0 Å². The first kappa shape index (κ1) is 13.0. The fourth-order valence-corrected chi connectivity index (χ4v) is 1.61. The zero-order valence-electron chi connectivity index (χ0n) is 10.2. The minimum Gasteiger partial charge on any atom is -0.347 e. The zero-order valence-corrected chi connectivity index (χ0v) is 10.2. The number of hydrogen-bond acceptors (Lipinski definition) is 4. The van der Waals surface area contributed by atoms with Gasteiger partial charge in [0.25, 0.3) is 0 Å². The standard InChI is InChI=1S/C13H14N4O2/c14-5-7-16-12(18)13(19)17-10-3-4-11-9(8-10)2-1-6-15-11/h1-4,6,8H,5,7,14H2,(H,16,18)(H,17,19). The third-order valence-electron chi connectivity index (χ3n) is 2.50. The second-order valence-corrected chi connectivity index (χ2v) is 3.91. The van der Waals surface area contributed by atoms with Crippen LogP contribution in [0.4, 0.5) is 5.69 Å². The van der Waals surface area contributed by atoms with E-state index in [0.717, 1.165) is 10.9 Å². The van der Waals surface area contributed by atoms with Crippen LogP contribution in [-0.4, -0.2) is 29.9 Å². The van der Waals surface area contributed by atoms with Crippen LogP contribution in [-0.2, 0) is 9.59 Å². The van der Waals surface area contributed by atoms with Gasteiger partial charge in [-0.25, -0.2) is 0 Å². The SMILES string of the molecule is NCCNC(=O)C(=O)Nc1ccc2ncccc2c1. The van der Waals surface area contributed by atoms with Gasteiger partial charge in [0.15, 0.2) is 0 Å². The predicted molar refractivity (Wildman–Crippen MR) is 72.4 cm³/mol. The number of fused-ring (bicyclic) bond motifs is 1. The molecule has 2 amide bonds. The highest BCUT2D eigenvalue weighted by Gasteiger charge is 2.12. The average Bonchev–Trinajstić information content (AvgIpc) is 2.44. The summed E-state index contributed by atoms with van der Waals surface area (Å²) < 4.78 is 0. The zero-order chi connectivity index (χ0) is 13.7. The van der Waals surface area contributed by atoms with Crippen LogP contribution < -0.4 is 16.4 Å². The van der Waals surface area contributed by atoms with E-state index in [2.05, 4.69) is 15.6 Å². The molecule has 0 unspecified atom stereocenters. The van der Waals surface area contributed by atoms with Gasteiger partial charge in [0.2, 0.25) is 0 Å². The van der Waals surface area contributed by atoms with Gasteiger partial charge in [0.05, 0.1) is 5.52 Å². The summed E-state index contributed by atoms with van der Waals surface area (Å²) >= 11 is 0. The first-order valence-electron chi connectivity index (χ1n) is 5.85. The molecule has 0 aliphatic rings. The van der Waals surface area contributed by atoms with Crippen molar-refractivity contribution in [1.82, 2.24) is 10.3 Å². The number of carbonyl (C=O) groups excluding carboxylic acids is 2. The molecule has 19 heavy (non-hydrogen) atoms. The van der Waals surface area contributed by atoms with Gasteiger partial charge in [-0.1, -0.05) is 6.07 Å². The van der Waals surface area contributed by atoms with Crippen LogP contribution in [0.2, 0.25) is 0 Å². The summed E-state index contributed by atoms with van der Waals surface area (Å²) in [7, 11) is 0. The lowest BCUT2D eigenvalue weighted by Crippen LogP contribution is -2.37. The average molecular weight is 258 g/mol. The second-order valence-electron chi connectivity index (χ2n) is 3.91. The fourth-order valence-electron chi connectivity index (χ4n) is 1.61. The quantitative estimate of drug-likeness (QED) is 0.687. The van der Waals surface area contributed by atoms with Gasteiger partial charge in [-0.05, 0) is 24.3 Å². The van der Waals surface area contributed by atoms with E-state index in [1.54, 1.807) is 24.4 Å². The van der Waals surface area contributed by atoms with Gasteiger partial charge < -0.3 is 16.4 Å². The normalized spacial score (nSPS) is 10.2. The van der Waals surface area contributed by atoms with E-state index >= 15 is 0 Å². The Morgan fingerprint density at radius 1 is 1.21 bits per heavy atom. The molecule has 0 aliphatic carbocycles. The Kier molecular flexibility index (Phi) is 4.04. The van der Waals surface area contributed by atoms with E-state index in [4.69, 9.17) is 5.73 Å². The molecule has 0 saturated heterocycles. The molecule has 1 heterocycles. The number of nitrogens with one attached hydrogen (secondary N) is 2. The van der Waals surface area contributed by atoms with Crippen molar-refractivity contribution in [2.24, 2.45) is 5.73 Å². The molecule has 0 radical (unpaired) electrons. The molecule has 6 nitrogen and oxygen atoms in total. The van der Waals surface area contributed by atoms with Gasteiger partial charge in [-0.3, -0.25) is 14.6 Å². The van der Waals surface area contributed by atoms with Crippen LogP contribution in [0.25, 0.3) is 10.9 Å². The van der Waals surface area contributed by atoms with Crippen molar-refractivity contribution >= 4 is 28.4 Å². The number of benzene rings is 1. The molecule has 4 N–H and O–H groups in total. The lowest BCUT2D eigenvalue weighted by molar-refractivity contribution is -0.136. The van der Waals surface area contributed by atoms with Crippen LogP contribution >= 0.6 is 0 Å². The number of pyridine rings is 1. The Hall–Kier alpha value is -2.47. The number of nitrogens with two attached hydrogens (primary N) is 1. The van der Waals surface area contributed by atoms with Gasteiger partial charge in [-0.15, -0.1) is 0 Å². The number of carbonyl (C=O) groups is 2. The summed E-state index contributed by atoms with van der Waals surface area (Å²) in [4.78, 5) is 27.1. The molecular formula is C13H14N4O2. The molecule has 0 spiro atoms. The molecule has 2 aromatic rings. The van der Waals surface area contributed by atoms with E-state index in [0.29, 0.717) is 12.2 Å². The lowest BCUT2D eigenvalue weighted by Gasteiger charge is -2.06. The van der Waals surface area contributed by atoms with Crippen LogP contribution in [0, 0.1) is 0 Å². The van der Waals surface area contributed by atoms with E-state index in [1.807, 2.05) is 12.1 Å². The van der Waals surface area contributed by atoms with Crippen molar-refractivity contribution in [3.63, 3.8) is 0 Å². The maximum atomic E-state index is 11.6. The maximum absolute atomic E-state index is 11.6. The smallest absolute Gasteiger partial charge is 0.313 e. The van der Waals surface area contributed by atoms with Crippen LogP contribution in [0.15, 0.2) is 36.5 Å². The summed E-state index contributed by atoms with van der Waals surface area (Å²) in [6.07, 6.45) is 1.70. The van der Waals surface area contributed by atoms with Crippen molar-refractivity contribution in [3.05, 3.63) is 36.5 Å². The number of hydrogen-bond donors (Lipinski definition) is 3. The number of nitrogens with zero attached hydrogens (tertiary/aromatic N) is 1. The molecule has 98 valence electrons. The van der Waals surface area contributed by atoms with E-state index in [9.17, 15) is 9.59 Å². The Labute approximate surface area is 110 Å². The molecule has 0 atom stereocenters. The molecule has 0 fully saturated rings. The van der Waals surface area contributed by atoms with Gasteiger partial charge >= 0.3 is 11.8 Å². The Morgan fingerprint density at radius 3 is 2.84 bits per heavy atom. The minimum absolute atomic E-state index is 0.272. The van der Waals surface area contributed by atoms with Crippen molar-refractivity contribution in [1.29, 1.82) is 0 Å². The minimum atomic E-state index is -0.711. The van der Waals surface area contributed by atoms with Crippen molar-refractivity contribution in [3.8, 4) is 0 Å². The topological polar surface area (TPSA) is 97.1 Å². The highest BCUT2D eigenvalue weighted by molar-refractivity contribution is 6.39. The molecule has 6 heteroatoms. The molecule has 0 bridgehead atoms. The first-order valence-corrected chi connectivity index (χ1v) is 5.85. The molecule has 1 aromatic carbocycles. The fraction of sp³-hybridized carbons (Fsp3) is 0.154. The molecular weight excluding hydrogens is 244 g/mol. The largest absolute Gasteiger partial charge is 0.347 e. The summed E-state index contributed by atoms with van der Waals surface area (Å²) in [5.74, 6) is -1.41. The summed E-state index contributed by atoms with van der Waals surface area (Å²) in [5.41, 5.74) is 6.61. The molecule has 2 rings (SSSR count). The van der Waals surface area contributed by atoms with Crippen molar-refractivity contribution in [2.45, 2.75) is 0 Å². The number of aromatic nitrogens is 1. The number of anilines is 1. The predicted octanol–water partition coefficient (Wildman–Crippen LogP) is 0.248. The van der Waals surface area contributed by atoms with Gasteiger partial charge in [0, 0.05) is 30.4 Å². The van der Waals surface area contributed by atoms with Gasteiger partial charge in [0.1, 0.15) is 0 Å². The van der Waals surface area contributed by atoms with Gasteiger partial charge in [-0.2, -0.15) is 0 Å². The van der Waals surface area contributed by atoms with Crippen molar-refractivity contribution < 1.29 is 9.59 Å². The van der Waals surface area contributed by atoms with Crippen molar-refractivity contribution in [2.75, 3.05) is 18.4 Å². The third-order valence-corrected chi connectivity index (χ3v) is 2.50. The number of rotatable bonds is 3. The van der Waals surface area contributed by atoms with Crippen LogP contribution in [0.5, 0.6) is 0 Å². The monoisotopic (exact) mass is 258 g/mol. The Bertz CT molecular complexity index is 612. The van der Waals surface area contributed by atoms with E-state index in [1.165, 1.54) is 0 Å². The van der Waals surface area contributed by atoms with E-state index < -0.39 is 11.8 Å². The third kappa shape index (κ3) is 3.26. The molecule has 0 aliphatic heterocycles. The second kappa shape index (κ2) is 5.92. The summed E-state index contributed by atoms with van der Waals surface area (Å²) in [6.45, 7) is 0.564. The highest BCUT2D eigenvalue weighted by atomic mass is 16.2. The highest BCUT2D eigenvalue weighted by Crippen LogP contribution is 2.16. The van der Waals surface area contributed by atoms with E-state index in [-0.39, 0.29) is 6.54 Å². The van der Waals surface area contributed by atoms with Crippen LogP contribution in [0.1, 0.15) is 0 Å². The number of amides is 2. The molecule has 1 aromatic heterocycles. The Balaban J connectivity index is 2.08. The Morgan fingerprint density at radius 2 is 2.05 bits per heavy atom. The summed E-state index contributed by atoms with van der Waals surface area (Å²) in [6, 6.07) is 8.93. The first-order chi connectivity index (χ1) is 9.20. The summed E-state index contributed by atoms with van der Waals surface area (Å²) in [5, 5.41) is 5.82.